The maximum atomic E-state index is 13.9. The number of rotatable bonds is 3. The molecule has 1 aliphatic carbocycles. The van der Waals surface area contributed by atoms with Gasteiger partial charge in [-0.15, -0.1) is 0 Å². The van der Waals surface area contributed by atoms with Crippen LogP contribution in [0.1, 0.15) is 16.7 Å². The summed E-state index contributed by atoms with van der Waals surface area (Å²) in [6.07, 6.45) is -3.21. The van der Waals surface area contributed by atoms with Gasteiger partial charge in [0.2, 0.25) is 10.0 Å². The number of allylic oxidation sites excluding steroid dienone is 4. The molecule has 3 rings (SSSR count). The normalized spacial score (nSPS) is 16.8. The summed E-state index contributed by atoms with van der Waals surface area (Å²) < 4.78 is 88.5. The molecule has 2 aromatic rings. The number of halogens is 5. The molecule has 9 heteroatoms. The summed E-state index contributed by atoms with van der Waals surface area (Å²) >= 11 is 0. The van der Waals surface area contributed by atoms with E-state index < -0.39 is 27.7 Å². The summed E-state index contributed by atoms with van der Waals surface area (Å²) in [4.78, 5) is -0.184. The van der Waals surface area contributed by atoms with Gasteiger partial charge in [0.05, 0.1) is 10.5 Å². The first kappa shape index (κ1) is 19.2. The zero-order chi connectivity index (χ0) is 20.0. The lowest BCUT2D eigenvalue weighted by molar-refractivity contribution is -0.137. The highest BCUT2D eigenvalue weighted by atomic mass is 32.2. The molecular weight excluding hydrogens is 389 g/mol. The van der Waals surface area contributed by atoms with Gasteiger partial charge in [0.1, 0.15) is 0 Å². The van der Waals surface area contributed by atoms with Crippen molar-refractivity contribution in [3.05, 3.63) is 77.4 Å². The Kier molecular flexibility index (Phi) is 4.47. The highest BCUT2D eigenvalue weighted by Gasteiger charge is 2.34. The minimum Gasteiger partial charge on any atom is -0.225 e. The fourth-order valence-electron chi connectivity index (χ4n) is 2.72. The van der Waals surface area contributed by atoms with E-state index in [0.29, 0.717) is 12.2 Å². The van der Waals surface area contributed by atoms with Crippen LogP contribution in [0.15, 0.2) is 65.6 Å². The van der Waals surface area contributed by atoms with Crippen LogP contribution in [-0.4, -0.2) is 14.3 Å². The molecular formula is C18H12F5NO2S. The van der Waals surface area contributed by atoms with Gasteiger partial charge in [-0.3, -0.25) is 0 Å². The van der Waals surface area contributed by atoms with E-state index in [4.69, 9.17) is 5.14 Å². The standard InChI is InChI=1S/C18H12F5NO2S/c19-17(20)9-15(11-1-5-13(6-2-11)18(21,22)23)16(10-17)12-3-7-14(8-4-12)27(24,25)26/h1-10H,(H2,24,25,26). The molecule has 0 amide bonds. The quantitative estimate of drug-likeness (QED) is 0.772. The molecule has 0 saturated carbocycles. The molecule has 0 bridgehead atoms. The van der Waals surface area contributed by atoms with Crippen molar-refractivity contribution < 1.29 is 30.4 Å². The smallest absolute Gasteiger partial charge is 0.225 e. The molecule has 0 aliphatic heterocycles. The molecule has 0 atom stereocenters. The average Bonchev–Trinajstić information content (AvgIpc) is 2.89. The van der Waals surface area contributed by atoms with Gasteiger partial charge in [0.25, 0.3) is 5.92 Å². The first-order valence-electron chi connectivity index (χ1n) is 7.52. The second-order valence-electron chi connectivity index (χ2n) is 5.94. The highest BCUT2D eigenvalue weighted by molar-refractivity contribution is 7.89. The summed E-state index contributed by atoms with van der Waals surface area (Å²) in [5.74, 6) is -3.29. The number of primary sulfonamides is 1. The first-order valence-corrected chi connectivity index (χ1v) is 9.06. The molecule has 3 nitrogen and oxygen atoms in total. The molecule has 0 aromatic heterocycles. The number of hydrogen-bond donors (Lipinski definition) is 1. The topological polar surface area (TPSA) is 60.2 Å². The van der Waals surface area contributed by atoms with Crippen molar-refractivity contribution in [1.82, 2.24) is 0 Å². The fourth-order valence-corrected chi connectivity index (χ4v) is 3.24. The van der Waals surface area contributed by atoms with Gasteiger partial charge < -0.3 is 0 Å². The molecule has 1 aliphatic rings. The third kappa shape index (κ3) is 4.09. The largest absolute Gasteiger partial charge is 0.416 e. The van der Waals surface area contributed by atoms with Crippen LogP contribution in [-0.2, 0) is 16.2 Å². The molecule has 142 valence electrons. The Morgan fingerprint density at radius 1 is 0.778 bits per heavy atom. The highest BCUT2D eigenvalue weighted by Crippen LogP contribution is 2.43. The van der Waals surface area contributed by atoms with E-state index in [0.717, 1.165) is 24.3 Å². The Hall–Kier alpha value is -2.52. The van der Waals surface area contributed by atoms with Gasteiger partial charge in [0.15, 0.2) is 0 Å². The second-order valence-corrected chi connectivity index (χ2v) is 7.50. The Balaban J connectivity index is 2.01. The summed E-state index contributed by atoms with van der Waals surface area (Å²) in [6, 6.07) is 8.82. The minimum absolute atomic E-state index is 0.0529. The number of hydrogen-bond acceptors (Lipinski definition) is 2. The first-order chi connectivity index (χ1) is 12.4. The summed E-state index contributed by atoms with van der Waals surface area (Å²) in [6.45, 7) is 0. The zero-order valence-corrected chi connectivity index (χ0v) is 14.3. The van der Waals surface area contributed by atoms with Crippen LogP contribution in [0.5, 0.6) is 0 Å². The second kappa shape index (κ2) is 6.28. The molecule has 0 heterocycles. The Bertz CT molecular complexity index is 1030. The van der Waals surface area contributed by atoms with Crippen LogP contribution in [0.25, 0.3) is 11.1 Å². The van der Waals surface area contributed by atoms with Crippen molar-refractivity contribution in [2.45, 2.75) is 17.0 Å². The van der Waals surface area contributed by atoms with Crippen molar-refractivity contribution >= 4 is 21.2 Å². The van der Waals surface area contributed by atoms with Gasteiger partial charge in [-0.2, -0.15) is 22.0 Å². The predicted molar refractivity (Wildman–Crippen MR) is 90.2 cm³/mol. The van der Waals surface area contributed by atoms with Gasteiger partial charge in [-0.05, 0) is 58.7 Å². The summed E-state index contributed by atoms with van der Waals surface area (Å²) in [7, 11) is -3.94. The van der Waals surface area contributed by atoms with Crippen molar-refractivity contribution in [2.75, 3.05) is 0 Å². The van der Waals surface area contributed by atoms with E-state index >= 15 is 0 Å². The molecule has 2 N–H and O–H groups in total. The van der Waals surface area contributed by atoms with Crippen LogP contribution in [0.3, 0.4) is 0 Å². The fraction of sp³-hybridized carbons (Fsp3) is 0.111. The Morgan fingerprint density at radius 2 is 1.19 bits per heavy atom. The van der Waals surface area contributed by atoms with Crippen molar-refractivity contribution in [2.24, 2.45) is 5.14 Å². The lowest BCUT2D eigenvalue weighted by atomic mass is 9.94. The molecule has 2 aromatic carbocycles. The van der Waals surface area contributed by atoms with E-state index in [1.165, 1.54) is 24.3 Å². The number of sulfonamides is 1. The Morgan fingerprint density at radius 3 is 1.56 bits per heavy atom. The number of benzene rings is 2. The third-order valence-electron chi connectivity index (χ3n) is 3.98. The SMILES string of the molecule is NS(=O)(=O)c1ccc(C2=CC(F)(F)C=C2c2ccc(C(F)(F)F)cc2)cc1. The molecule has 27 heavy (non-hydrogen) atoms. The molecule has 0 saturated heterocycles. The number of alkyl halides is 5. The van der Waals surface area contributed by atoms with E-state index in [-0.39, 0.29) is 27.2 Å². The van der Waals surface area contributed by atoms with Crippen molar-refractivity contribution in [3.8, 4) is 0 Å². The monoisotopic (exact) mass is 401 g/mol. The average molecular weight is 401 g/mol. The molecule has 0 radical (unpaired) electrons. The minimum atomic E-state index is -4.53. The van der Waals surface area contributed by atoms with Crippen LogP contribution in [0.2, 0.25) is 0 Å². The molecule has 0 unspecified atom stereocenters. The van der Waals surface area contributed by atoms with Gasteiger partial charge in [-0.25, -0.2) is 13.6 Å². The number of nitrogens with two attached hydrogens (primary N) is 1. The van der Waals surface area contributed by atoms with Gasteiger partial charge in [0, 0.05) is 0 Å². The van der Waals surface area contributed by atoms with Crippen molar-refractivity contribution in [1.29, 1.82) is 0 Å². The molecule has 0 fully saturated rings. The summed E-state index contributed by atoms with van der Waals surface area (Å²) in [5.41, 5.74) is -0.287. The summed E-state index contributed by atoms with van der Waals surface area (Å²) in [5, 5.41) is 5.01. The van der Waals surface area contributed by atoms with Gasteiger partial charge in [-0.1, -0.05) is 24.3 Å². The van der Waals surface area contributed by atoms with Crippen LogP contribution in [0.4, 0.5) is 22.0 Å². The predicted octanol–water partition coefficient (Wildman–Crippen LogP) is 4.47. The third-order valence-corrected chi connectivity index (χ3v) is 4.91. The van der Waals surface area contributed by atoms with E-state index in [1.807, 2.05) is 0 Å². The lowest BCUT2D eigenvalue weighted by Gasteiger charge is -2.11. The van der Waals surface area contributed by atoms with E-state index in [1.54, 1.807) is 0 Å². The Labute approximate surface area is 151 Å². The maximum absolute atomic E-state index is 13.9. The van der Waals surface area contributed by atoms with E-state index in [9.17, 15) is 30.4 Å². The lowest BCUT2D eigenvalue weighted by Crippen LogP contribution is -2.11. The van der Waals surface area contributed by atoms with Crippen LogP contribution in [0, 0.1) is 0 Å². The van der Waals surface area contributed by atoms with Crippen LogP contribution >= 0.6 is 0 Å². The van der Waals surface area contributed by atoms with E-state index in [2.05, 4.69) is 0 Å². The van der Waals surface area contributed by atoms with Crippen molar-refractivity contribution in [3.63, 3.8) is 0 Å². The molecule has 0 spiro atoms. The zero-order valence-electron chi connectivity index (χ0n) is 13.5. The maximum Gasteiger partial charge on any atom is 0.416 e. The van der Waals surface area contributed by atoms with Crippen LogP contribution < -0.4 is 5.14 Å². The van der Waals surface area contributed by atoms with Gasteiger partial charge >= 0.3 is 6.18 Å².